The fourth-order valence-corrected chi connectivity index (χ4v) is 5.61. The molecule has 0 saturated heterocycles. The first-order valence-electron chi connectivity index (χ1n) is 10.8. The van der Waals surface area contributed by atoms with Crippen LogP contribution in [0.15, 0.2) is 60.7 Å². The lowest BCUT2D eigenvalue weighted by atomic mass is 9.45. The molecule has 1 aliphatic rings. The highest BCUT2D eigenvalue weighted by molar-refractivity contribution is 6.31. The van der Waals surface area contributed by atoms with E-state index in [2.05, 4.69) is 30.9 Å². The highest BCUT2D eigenvalue weighted by Gasteiger charge is 2.66. The first kappa shape index (κ1) is 25.8. The first-order chi connectivity index (χ1) is 16.8. The SMILES string of the molecule is C=C(C(=O)OCC)[C@H]1C[C@@H](c2ccccc2Cl)C(C#N)(C#N)[C@@H](c2ccccc2Cl)C1(C#N)C#N. The van der Waals surface area contributed by atoms with Crippen molar-refractivity contribution in [1.82, 2.24) is 0 Å². The second-order valence-corrected chi connectivity index (χ2v) is 9.06. The maximum absolute atomic E-state index is 12.8. The largest absolute Gasteiger partial charge is 0.463 e. The summed E-state index contributed by atoms with van der Waals surface area (Å²) in [6.45, 7) is 5.58. The van der Waals surface area contributed by atoms with Crippen LogP contribution in [0.5, 0.6) is 0 Å². The van der Waals surface area contributed by atoms with Crippen LogP contribution in [-0.4, -0.2) is 12.6 Å². The summed E-state index contributed by atoms with van der Waals surface area (Å²) in [6, 6.07) is 21.6. The summed E-state index contributed by atoms with van der Waals surface area (Å²) in [5, 5.41) is 42.5. The zero-order chi connectivity index (χ0) is 25.8. The van der Waals surface area contributed by atoms with E-state index < -0.39 is 34.6 Å². The van der Waals surface area contributed by atoms with Crippen LogP contribution in [0.3, 0.4) is 0 Å². The Morgan fingerprint density at radius 3 is 1.89 bits per heavy atom. The molecule has 35 heavy (non-hydrogen) atoms. The van der Waals surface area contributed by atoms with E-state index in [1.165, 1.54) is 0 Å². The van der Waals surface area contributed by atoms with Crippen LogP contribution < -0.4 is 0 Å². The number of carbonyl (C=O) groups is 1. The third-order valence-corrected chi connectivity index (χ3v) is 7.36. The minimum absolute atomic E-state index is 0.0683. The van der Waals surface area contributed by atoms with E-state index in [9.17, 15) is 25.8 Å². The number of esters is 1. The van der Waals surface area contributed by atoms with Crippen molar-refractivity contribution >= 4 is 29.2 Å². The van der Waals surface area contributed by atoms with Crippen LogP contribution in [0.1, 0.15) is 36.3 Å². The Morgan fingerprint density at radius 2 is 1.43 bits per heavy atom. The number of rotatable bonds is 5. The fourth-order valence-electron chi connectivity index (χ4n) is 5.10. The van der Waals surface area contributed by atoms with Crippen molar-refractivity contribution in [2.75, 3.05) is 6.61 Å². The molecule has 1 aliphatic carbocycles. The average Bonchev–Trinajstić information content (AvgIpc) is 2.88. The molecule has 3 atom stereocenters. The summed E-state index contributed by atoms with van der Waals surface area (Å²) in [7, 11) is 0. The second kappa shape index (κ2) is 10.2. The molecule has 0 bridgehead atoms. The van der Waals surface area contributed by atoms with Gasteiger partial charge in [-0.15, -0.1) is 0 Å². The summed E-state index contributed by atoms with van der Waals surface area (Å²) in [4.78, 5) is 12.8. The van der Waals surface area contributed by atoms with E-state index in [0.29, 0.717) is 10.6 Å². The normalized spacial score (nSPS) is 21.9. The number of carbonyl (C=O) groups excluding carboxylic acids is 1. The molecule has 1 saturated carbocycles. The van der Waals surface area contributed by atoms with Crippen LogP contribution in [0.25, 0.3) is 0 Å². The lowest BCUT2D eigenvalue weighted by Crippen LogP contribution is -2.52. The molecule has 3 rings (SSSR count). The van der Waals surface area contributed by atoms with Crippen LogP contribution in [0.2, 0.25) is 10.0 Å². The summed E-state index contributed by atoms with van der Waals surface area (Å²) in [5.41, 5.74) is -3.28. The van der Waals surface area contributed by atoms with Crippen molar-refractivity contribution in [3.8, 4) is 24.3 Å². The number of nitrogens with zero attached hydrogens (tertiary/aromatic N) is 4. The molecule has 0 amide bonds. The van der Waals surface area contributed by atoms with Gasteiger partial charge in [-0.3, -0.25) is 0 Å². The molecule has 0 unspecified atom stereocenters. The van der Waals surface area contributed by atoms with Gasteiger partial charge in [0.15, 0.2) is 10.8 Å². The number of hydrogen-bond donors (Lipinski definition) is 0. The maximum Gasteiger partial charge on any atom is 0.333 e. The zero-order valence-corrected chi connectivity index (χ0v) is 20.3. The van der Waals surface area contributed by atoms with E-state index in [4.69, 9.17) is 27.9 Å². The molecule has 2 aromatic carbocycles. The van der Waals surface area contributed by atoms with Gasteiger partial charge in [0.05, 0.1) is 36.8 Å². The van der Waals surface area contributed by atoms with Crippen molar-refractivity contribution in [3.05, 3.63) is 81.9 Å². The predicted molar refractivity (Wildman–Crippen MR) is 130 cm³/mol. The van der Waals surface area contributed by atoms with Gasteiger partial charge >= 0.3 is 5.97 Å². The number of halogens is 2. The minimum Gasteiger partial charge on any atom is -0.463 e. The van der Waals surface area contributed by atoms with Gasteiger partial charge in [-0.1, -0.05) is 66.2 Å². The monoisotopic (exact) mass is 502 g/mol. The van der Waals surface area contributed by atoms with Crippen molar-refractivity contribution in [1.29, 1.82) is 21.0 Å². The van der Waals surface area contributed by atoms with E-state index >= 15 is 0 Å². The Bertz CT molecular complexity index is 1310. The van der Waals surface area contributed by atoms with Gasteiger partial charge < -0.3 is 4.74 Å². The van der Waals surface area contributed by atoms with E-state index in [-0.39, 0.29) is 29.2 Å². The molecular weight excluding hydrogens is 483 g/mol. The highest BCUT2D eigenvalue weighted by Crippen LogP contribution is 2.65. The number of hydrogen-bond acceptors (Lipinski definition) is 6. The maximum atomic E-state index is 12.8. The number of benzene rings is 2. The van der Waals surface area contributed by atoms with Gasteiger partial charge in [0.2, 0.25) is 0 Å². The van der Waals surface area contributed by atoms with Gasteiger partial charge in [0.1, 0.15) is 0 Å². The summed E-state index contributed by atoms with van der Waals surface area (Å²) in [6.07, 6.45) is -0.0788. The summed E-state index contributed by atoms with van der Waals surface area (Å²) < 4.78 is 5.13. The van der Waals surface area contributed by atoms with Gasteiger partial charge in [0, 0.05) is 27.5 Å². The van der Waals surface area contributed by atoms with Gasteiger partial charge in [-0.25, -0.2) is 4.79 Å². The fraction of sp³-hybridized carbons (Fsp3) is 0.296. The topological polar surface area (TPSA) is 121 Å². The van der Waals surface area contributed by atoms with Crippen LogP contribution >= 0.6 is 23.2 Å². The molecule has 0 aromatic heterocycles. The molecule has 174 valence electrons. The third-order valence-electron chi connectivity index (χ3n) is 6.68. The Morgan fingerprint density at radius 1 is 0.943 bits per heavy atom. The number of ether oxygens (including phenoxy) is 1. The van der Waals surface area contributed by atoms with Gasteiger partial charge in [0.25, 0.3) is 0 Å². The second-order valence-electron chi connectivity index (χ2n) is 8.25. The molecule has 0 heterocycles. The lowest BCUT2D eigenvalue weighted by molar-refractivity contribution is -0.139. The molecule has 8 heteroatoms. The van der Waals surface area contributed by atoms with Crippen molar-refractivity contribution < 1.29 is 9.53 Å². The smallest absolute Gasteiger partial charge is 0.333 e. The van der Waals surface area contributed by atoms with Gasteiger partial charge in [-0.2, -0.15) is 21.0 Å². The van der Waals surface area contributed by atoms with E-state index in [1.54, 1.807) is 55.5 Å². The Balaban J connectivity index is 2.45. The average molecular weight is 503 g/mol. The van der Waals surface area contributed by atoms with Crippen molar-refractivity contribution in [3.63, 3.8) is 0 Å². The van der Waals surface area contributed by atoms with Crippen LogP contribution in [0.4, 0.5) is 0 Å². The van der Waals surface area contributed by atoms with E-state index in [1.807, 2.05) is 0 Å². The van der Waals surface area contributed by atoms with Crippen molar-refractivity contribution in [2.45, 2.75) is 25.2 Å². The quantitative estimate of drug-likeness (QED) is 0.361. The zero-order valence-electron chi connectivity index (χ0n) is 18.8. The third kappa shape index (κ3) is 4.03. The molecular formula is C27H20Cl2N4O2. The Hall–Kier alpha value is -3.81. The number of nitriles is 4. The predicted octanol–water partition coefficient (Wildman–Crippen LogP) is 6.07. The Labute approximate surface area is 214 Å². The molecule has 6 nitrogen and oxygen atoms in total. The molecule has 0 spiro atoms. The van der Waals surface area contributed by atoms with Crippen molar-refractivity contribution in [2.24, 2.45) is 16.7 Å². The first-order valence-corrected chi connectivity index (χ1v) is 11.5. The summed E-state index contributed by atoms with van der Waals surface area (Å²) in [5.74, 6) is -4.03. The highest BCUT2D eigenvalue weighted by atomic mass is 35.5. The Kier molecular flexibility index (Phi) is 7.53. The molecule has 0 N–H and O–H groups in total. The molecule has 1 fully saturated rings. The van der Waals surface area contributed by atoms with Crippen LogP contribution in [0, 0.1) is 62.1 Å². The lowest BCUT2D eigenvalue weighted by Gasteiger charge is -2.51. The standard InChI is InChI=1S/C27H20Cl2N4O2/c1-3-35-25(34)17(2)20-12-21(18-8-4-6-10-22(18)28)27(15-32,16-33)24(26(20,13-30)14-31)19-9-5-7-11-23(19)29/h4-11,20-21,24H,2-3,12H2,1H3/t20-,21+,24+/m1/s1. The molecule has 0 aliphatic heterocycles. The molecule has 2 aromatic rings. The van der Waals surface area contributed by atoms with E-state index in [0.717, 1.165) is 0 Å². The summed E-state index contributed by atoms with van der Waals surface area (Å²) >= 11 is 13.0. The van der Waals surface area contributed by atoms with Crippen LogP contribution in [-0.2, 0) is 9.53 Å². The van der Waals surface area contributed by atoms with Gasteiger partial charge in [-0.05, 0) is 36.6 Å². The molecule has 0 radical (unpaired) electrons. The minimum atomic E-state index is -2.03.